The Morgan fingerprint density at radius 2 is 2.00 bits per heavy atom. The normalized spacial score (nSPS) is 18.7. The Balaban J connectivity index is 2.03. The number of anilines is 2. The van der Waals surface area contributed by atoms with Crippen LogP contribution in [0.1, 0.15) is 43.0 Å². The van der Waals surface area contributed by atoms with E-state index in [1.165, 1.54) is 29.7 Å². The molecule has 2 aromatic rings. The maximum absolute atomic E-state index is 5.89. The van der Waals surface area contributed by atoms with Gasteiger partial charge in [-0.1, -0.05) is 31.0 Å². The highest BCUT2D eigenvalue weighted by atomic mass is 32.2. The van der Waals surface area contributed by atoms with E-state index in [1.807, 2.05) is 18.7 Å². The highest BCUT2D eigenvalue weighted by Gasteiger charge is 2.26. The molecule has 0 amide bonds. The molecule has 1 aromatic heterocycles. The monoisotopic (exact) mass is 328 g/mol. The molecule has 2 N–H and O–H groups in total. The van der Waals surface area contributed by atoms with Crippen molar-refractivity contribution in [1.29, 1.82) is 0 Å². The van der Waals surface area contributed by atoms with Crippen LogP contribution >= 0.6 is 11.8 Å². The van der Waals surface area contributed by atoms with Gasteiger partial charge in [0, 0.05) is 23.2 Å². The Bertz CT molecular complexity index is 654. The van der Waals surface area contributed by atoms with E-state index < -0.39 is 0 Å². The van der Waals surface area contributed by atoms with E-state index in [0.29, 0.717) is 12.0 Å². The maximum Gasteiger partial charge on any atom is 0.222 e. The first-order valence-electron chi connectivity index (χ1n) is 8.20. The van der Waals surface area contributed by atoms with E-state index in [0.717, 1.165) is 24.5 Å². The lowest BCUT2D eigenvalue weighted by Crippen LogP contribution is -2.30. The maximum atomic E-state index is 5.89. The Morgan fingerprint density at radius 3 is 2.78 bits per heavy atom. The van der Waals surface area contributed by atoms with Gasteiger partial charge in [0.15, 0.2) is 0 Å². The van der Waals surface area contributed by atoms with Crippen molar-refractivity contribution in [2.24, 2.45) is 0 Å². The van der Waals surface area contributed by atoms with Crippen molar-refractivity contribution in [2.75, 3.05) is 23.4 Å². The zero-order chi connectivity index (χ0) is 16.2. The van der Waals surface area contributed by atoms with E-state index >= 15 is 0 Å². The first-order valence-corrected chi connectivity index (χ1v) is 9.42. The van der Waals surface area contributed by atoms with Crippen LogP contribution in [0.5, 0.6) is 0 Å². The quantitative estimate of drug-likeness (QED) is 0.855. The van der Waals surface area contributed by atoms with Crippen molar-refractivity contribution < 1.29 is 0 Å². The highest BCUT2D eigenvalue weighted by molar-refractivity contribution is 7.98. The lowest BCUT2D eigenvalue weighted by atomic mass is 10.0. The summed E-state index contributed by atoms with van der Waals surface area (Å²) < 4.78 is 0. The molecule has 0 bridgehead atoms. The molecule has 0 aliphatic carbocycles. The molecule has 0 saturated carbocycles. The molecule has 122 valence electrons. The highest BCUT2D eigenvalue weighted by Crippen LogP contribution is 2.37. The number of nitrogen functional groups attached to an aromatic ring is 1. The third-order valence-corrected chi connectivity index (χ3v) is 5.21. The summed E-state index contributed by atoms with van der Waals surface area (Å²) in [6, 6.07) is 11.1. The molecule has 1 unspecified atom stereocenters. The summed E-state index contributed by atoms with van der Waals surface area (Å²) in [7, 11) is 0. The molecule has 2 heterocycles. The van der Waals surface area contributed by atoms with Gasteiger partial charge in [-0.05, 0) is 37.7 Å². The summed E-state index contributed by atoms with van der Waals surface area (Å²) in [5.41, 5.74) is 8.22. The second-order valence-corrected chi connectivity index (χ2v) is 6.87. The van der Waals surface area contributed by atoms with Crippen LogP contribution in [0, 0.1) is 6.92 Å². The first-order chi connectivity index (χ1) is 11.2. The number of aromatic nitrogens is 2. The van der Waals surface area contributed by atoms with Gasteiger partial charge in [-0.15, -0.1) is 11.8 Å². The Hall–Kier alpha value is -1.75. The number of hydrogen-bond donors (Lipinski definition) is 1. The average Bonchev–Trinajstić information content (AvgIpc) is 2.79. The molecule has 0 radical (unpaired) electrons. The van der Waals surface area contributed by atoms with Gasteiger partial charge >= 0.3 is 0 Å². The molecule has 1 aromatic carbocycles. The molecule has 1 aliphatic heterocycles. The minimum Gasteiger partial charge on any atom is -0.368 e. The van der Waals surface area contributed by atoms with E-state index in [1.54, 1.807) is 0 Å². The second-order valence-electron chi connectivity index (χ2n) is 6.03. The molecular weight excluding hydrogens is 304 g/mol. The number of rotatable bonds is 3. The molecule has 1 atom stereocenters. The van der Waals surface area contributed by atoms with Gasteiger partial charge < -0.3 is 10.6 Å². The SMILES string of the molecule is CSc1ccccc1C1CCCCCN1c1cc(C)nc(N)n1. The topological polar surface area (TPSA) is 55.0 Å². The van der Waals surface area contributed by atoms with Gasteiger partial charge in [0.1, 0.15) is 5.82 Å². The largest absolute Gasteiger partial charge is 0.368 e. The van der Waals surface area contributed by atoms with Crippen molar-refractivity contribution in [2.45, 2.75) is 43.5 Å². The number of aryl methyl sites for hydroxylation is 1. The zero-order valence-electron chi connectivity index (χ0n) is 13.8. The number of nitrogens with two attached hydrogens (primary N) is 1. The molecule has 1 saturated heterocycles. The number of thioether (sulfide) groups is 1. The zero-order valence-corrected chi connectivity index (χ0v) is 14.6. The summed E-state index contributed by atoms with van der Waals surface area (Å²) in [5.74, 6) is 1.32. The summed E-state index contributed by atoms with van der Waals surface area (Å²) in [6.45, 7) is 2.99. The van der Waals surface area contributed by atoms with Gasteiger partial charge in [-0.25, -0.2) is 4.98 Å². The molecule has 0 spiro atoms. The fourth-order valence-electron chi connectivity index (χ4n) is 3.37. The average molecular weight is 328 g/mol. The number of benzene rings is 1. The van der Waals surface area contributed by atoms with Crippen LogP contribution in [-0.4, -0.2) is 22.8 Å². The van der Waals surface area contributed by atoms with E-state index in [2.05, 4.69) is 51.5 Å². The third kappa shape index (κ3) is 3.61. The Labute approximate surface area is 142 Å². The van der Waals surface area contributed by atoms with E-state index in [9.17, 15) is 0 Å². The summed E-state index contributed by atoms with van der Waals surface area (Å²) in [4.78, 5) is 12.5. The van der Waals surface area contributed by atoms with Crippen LogP contribution in [0.3, 0.4) is 0 Å². The van der Waals surface area contributed by atoms with Crippen LogP contribution in [0.4, 0.5) is 11.8 Å². The van der Waals surface area contributed by atoms with Crippen molar-refractivity contribution >= 4 is 23.5 Å². The van der Waals surface area contributed by atoms with Crippen LogP contribution in [0.2, 0.25) is 0 Å². The van der Waals surface area contributed by atoms with Crippen molar-refractivity contribution in [1.82, 2.24) is 9.97 Å². The predicted molar refractivity (Wildman–Crippen MR) is 98.0 cm³/mol. The molecule has 1 aliphatic rings. The number of nitrogens with zero attached hydrogens (tertiary/aromatic N) is 3. The molecule has 3 rings (SSSR count). The van der Waals surface area contributed by atoms with Crippen LogP contribution in [0.15, 0.2) is 35.2 Å². The fourth-order valence-corrected chi connectivity index (χ4v) is 4.02. The lowest BCUT2D eigenvalue weighted by Gasteiger charge is -2.32. The predicted octanol–water partition coefficient (Wildman–Crippen LogP) is 4.21. The lowest BCUT2D eigenvalue weighted by molar-refractivity contribution is 0.588. The van der Waals surface area contributed by atoms with Crippen molar-refractivity contribution in [3.63, 3.8) is 0 Å². The molecule has 4 nitrogen and oxygen atoms in total. The van der Waals surface area contributed by atoms with E-state index in [-0.39, 0.29) is 0 Å². The van der Waals surface area contributed by atoms with Gasteiger partial charge in [0.25, 0.3) is 0 Å². The molecule has 1 fully saturated rings. The Kier molecular flexibility index (Phi) is 5.06. The van der Waals surface area contributed by atoms with Crippen LogP contribution in [0.25, 0.3) is 0 Å². The van der Waals surface area contributed by atoms with E-state index in [4.69, 9.17) is 5.73 Å². The Morgan fingerprint density at radius 1 is 1.17 bits per heavy atom. The number of hydrogen-bond acceptors (Lipinski definition) is 5. The van der Waals surface area contributed by atoms with Crippen molar-refractivity contribution in [3.8, 4) is 0 Å². The summed E-state index contributed by atoms with van der Waals surface area (Å²) in [5, 5.41) is 0. The summed E-state index contributed by atoms with van der Waals surface area (Å²) in [6.07, 6.45) is 7.02. The standard InChI is InChI=1S/C18H24N4S/c1-13-12-17(21-18(19)20-13)22-11-7-3-4-9-15(22)14-8-5-6-10-16(14)23-2/h5-6,8,10,12,15H,3-4,7,9,11H2,1-2H3,(H2,19,20,21). The molecule has 5 heteroatoms. The fraction of sp³-hybridized carbons (Fsp3) is 0.444. The van der Waals surface area contributed by atoms with Gasteiger partial charge in [-0.3, -0.25) is 0 Å². The van der Waals surface area contributed by atoms with Crippen LogP contribution in [-0.2, 0) is 0 Å². The van der Waals surface area contributed by atoms with Crippen LogP contribution < -0.4 is 10.6 Å². The molecular formula is C18H24N4S. The second kappa shape index (κ2) is 7.21. The molecule has 23 heavy (non-hydrogen) atoms. The van der Waals surface area contributed by atoms with Gasteiger partial charge in [0.05, 0.1) is 6.04 Å². The van der Waals surface area contributed by atoms with Gasteiger partial charge in [-0.2, -0.15) is 4.98 Å². The van der Waals surface area contributed by atoms with Gasteiger partial charge in [0.2, 0.25) is 5.95 Å². The minimum absolute atomic E-state index is 0.356. The third-order valence-electron chi connectivity index (χ3n) is 4.40. The summed E-state index contributed by atoms with van der Waals surface area (Å²) >= 11 is 1.82. The minimum atomic E-state index is 0.356. The smallest absolute Gasteiger partial charge is 0.222 e. The first kappa shape index (κ1) is 16.1. The van der Waals surface area contributed by atoms with Crippen molar-refractivity contribution in [3.05, 3.63) is 41.6 Å².